The van der Waals surface area contributed by atoms with Gasteiger partial charge in [-0.1, -0.05) is 57.2 Å². The Morgan fingerprint density at radius 1 is 1.17 bits per heavy atom. The molecule has 94 valence electrons. The first-order valence-electron chi connectivity index (χ1n) is 6.78. The lowest BCUT2D eigenvalue weighted by Gasteiger charge is -2.33. The molecule has 0 amide bonds. The molecule has 0 aliphatic heterocycles. The molecule has 0 radical (unpaired) electrons. The number of hydrogen-bond donors (Lipinski definition) is 0. The van der Waals surface area contributed by atoms with Crippen molar-refractivity contribution in [3.05, 3.63) is 47.5 Å². The number of benzene rings is 1. The molecule has 0 aromatic heterocycles. The van der Waals surface area contributed by atoms with E-state index in [2.05, 4.69) is 26.8 Å². The van der Waals surface area contributed by atoms with Crippen molar-refractivity contribution in [2.75, 3.05) is 0 Å². The van der Waals surface area contributed by atoms with Crippen molar-refractivity contribution in [2.45, 2.75) is 33.6 Å². The number of hydrogen-bond acceptors (Lipinski definition) is 1. The van der Waals surface area contributed by atoms with Gasteiger partial charge in [-0.2, -0.15) is 0 Å². The lowest BCUT2D eigenvalue weighted by atomic mass is 9.70. The molecule has 2 aliphatic rings. The van der Waals surface area contributed by atoms with Gasteiger partial charge < -0.3 is 0 Å². The maximum absolute atomic E-state index is 12.6. The van der Waals surface area contributed by atoms with Gasteiger partial charge in [0.05, 0.1) is 0 Å². The van der Waals surface area contributed by atoms with Gasteiger partial charge in [0.15, 0.2) is 5.78 Å². The van der Waals surface area contributed by atoms with Gasteiger partial charge in [-0.05, 0) is 29.6 Å². The van der Waals surface area contributed by atoms with Crippen LogP contribution in [0.25, 0.3) is 0 Å². The SMILES string of the molecule is CC1(C)[C@H]2CC[C@@]1(C)C=C2C(=O)c1ccccc1. The Kier molecular flexibility index (Phi) is 2.32. The fraction of sp³-hybridized carbons (Fsp3) is 0.471. The molecule has 1 heteroatoms. The van der Waals surface area contributed by atoms with E-state index in [-0.39, 0.29) is 16.6 Å². The largest absolute Gasteiger partial charge is 0.289 e. The summed E-state index contributed by atoms with van der Waals surface area (Å²) in [5, 5.41) is 0. The molecule has 1 nitrogen and oxygen atoms in total. The summed E-state index contributed by atoms with van der Waals surface area (Å²) in [4.78, 5) is 12.6. The molecule has 0 unspecified atom stereocenters. The lowest BCUT2D eigenvalue weighted by molar-refractivity contribution is 0.101. The first-order valence-corrected chi connectivity index (χ1v) is 6.78. The highest BCUT2D eigenvalue weighted by molar-refractivity contribution is 6.09. The quantitative estimate of drug-likeness (QED) is 0.706. The minimum Gasteiger partial charge on any atom is -0.289 e. The third-order valence-electron chi connectivity index (χ3n) is 5.44. The topological polar surface area (TPSA) is 17.1 Å². The van der Waals surface area contributed by atoms with Gasteiger partial charge in [0.25, 0.3) is 0 Å². The van der Waals surface area contributed by atoms with Crippen LogP contribution in [0.4, 0.5) is 0 Å². The monoisotopic (exact) mass is 240 g/mol. The summed E-state index contributed by atoms with van der Waals surface area (Å²) in [6, 6.07) is 9.67. The molecular formula is C17H20O. The van der Waals surface area contributed by atoms with E-state index in [0.717, 1.165) is 17.6 Å². The van der Waals surface area contributed by atoms with Gasteiger partial charge in [0.2, 0.25) is 0 Å². The standard InChI is InChI=1S/C17H20O/c1-16(2)14-9-10-17(16,3)11-13(14)15(18)12-7-5-4-6-8-12/h4-8,11,14H,9-10H2,1-3H3/t14-,17-/m0/s1. The first kappa shape index (κ1) is 11.7. The van der Waals surface area contributed by atoms with Crippen molar-refractivity contribution >= 4 is 5.78 Å². The molecule has 18 heavy (non-hydrogen) atoms. The lowest BCUT2D eigenvalue weighted by Crippen LogP contribution is -2.27. The van der Waals surface area contributed by atoms with E-state index in [0.29, 0.717) is 5.92 Å². The van der Waals surface area contributed by atoms with Crippen LogP contribution in [0.2, 0.25) is 0 Å². The molecule has 0 spiro atoms. The van der Waals surface area contributed by atoms with Gasteiger partial charge in [-0.15, -0.1) is 0 Å². The molecule has 2 bridgehead atoms. The fourth-order valence-corrected chi connectivity index (χ4v) is 3.75. The predicted octanol–water partition coefficient (Wildman–Crippen LogP) is 4.25. The van der Waals surface area contributed by atoms with Crippen LogP contribution in [0.5, 0.6) is 0 Å². The number of allylic oxidation sites excluding steroid dienone is 2. The molecular weight excluding hydrogens is 220 g/mol. The van der Waals surface area contributed by atoms with Crippen molar-refractivity contribution in [2.24, 2.45) is 16.7 Å². The molecule has 1 saturated carbocycles. The highest BCUT2D eigenvalue weighted by Gasteiger charge is 2.57. The van der Waals surface area contributed by atoms with Crippen LogP contribution in [-0.4, -0.2) is 5.78 Å². The van der Waals surface area contributed by atoms with E-state index in [4.69, 9.17) is 0 Å². The molecule has 0 heterocycles. The zero-order valence-corrected chi connectivity index (χ0v) is 11.4. The Morgan fingerprint density at radius 3 is 2.33 bits per heavy atom. The second kappa shape index (κ2) is 3.57. The van der Waals surface area contributed by atoms with Crippen LogP contribution in [0.15, 0.2) is 42.0 Å². The summed E-state index contributed by atoms with van der Waals surface area (Å²) in [6.45, 7) is 6.93. The highest BCUT2D eigenvalue weighted by atomic mass is 16.1. The van der Waals surface area contributed by atoms with Crippen LogP contribution in [0.3, 0.4) is 0 Å². The number of ketones is 1. The van der Waals surface area contributed by atoms with Gasteiger partial charge >= 0.3 is 0 Å². The van der Waals surface area contributed by atoms with E-state index in [1.165, 1.54) is 6.42 Å². The van der Waals surface area contributed by atoms with Crippen molar-refractivity contribution in [3.63, 3.8) is 0 Å². The molecule has 0 saturated heterocycles. The molecule has 1 fully saturated rings. The zero-order valence-electron chi connectivity index (χ0n) is 11.4. The highest BCUT2D eigenvalue weighted by Crippen LogP contribution is 2.64. The van der Waals surface area contributed by atoms with Crippen molar-refractivity contribution in [1.82, 2.24) is 0 Å². The number of carbonyl (C=O) groups is 1. The van der Waals surface area contributed by atoms with Crippen LogP contribution in [-0.2, 0) is 0 Å². The Balaban J connectivity index is 1.99. The molecule has 2 atom stereocenters. The summed E-state index contributed by atoms with van der Waals surface area (Å²) in [7, 11) is 0. The van der Waals surface area contributed by atoms with E-state index in [9.17, 15) is 4.79 Å². The third kappa shape index (κ3) is 1.36. The smallest absolute Gasteiger partial charge is 0.189 e. The second-order valence-corrected chi connectivity index (χ2v) is 6.53. The third-order valence-corrected chi connectivity index (χ3v) is 5.44. The minimum absolute atomic E-state index is 0.206. The Morgan fingerprint density at radius 2 is 1.83 bits per heavy atom. The average Bonchev–Trinajstić information content (AvgIpc) is 2.71. The number of rotatable bonds is 2. The summed E-state index contributed by atoms with van der Waals surface area (Å²) in [6.07, 6.45) is 4.64. The van der Waals surface area contributed by atoms with Crippen molar-refractivity contribution < 1.29 is 4.79 Å². The Hall–Kier alpha value is -1.37. The fourth-order valence-electron chi connectivity index (χ4n) is 3.75. The normalized spacial score (nSPS) is 32.4. The van der Waals surface area contributed by atoms with E-state index >= 15 is 0 Å². The Bertz CT molecular complexity index is 524. The predicted molar refractivity (Wildman–Crippen MR) is 73.5 cm³/mol. The summed E-state index contributed by atoms with van der Waals surface area (Å²) < 4.78 is 0. The number of carbonyl (C=O) groups excluding carboxylic acids is 1. The maximum Gasteiger partial charge on any atom is 0.189 e. The molecule has 2 aliphatic carbocycles. The van der Waals surface area contributed by atoms with Crippen LogP contribution >= 0.6 is 0 Å². The number of Topliss-reactive ketones (excluding diaryl/α,β-unsaturated/α-hetero) is 1. The van der Waals surface area contributed by atoms with Gasteiger partial charge in [-0.25, -0.2) is 0 Å². The van der Waals surface area contributed by atoms with Gasteiger partial charge in [0, 0.05) is 11.1 Å². The van der Waals surface area contributed by atoms with Gasteiger partial charge in [0.1, 0.15) is 0 Å². The zero-order chi connectivity index (χ0) is 13.0. The van der Waals surface area contributed by atoms with E-state index in [1.807, 2.05) is 30.3 Å². The second-order valence-electron chi connectivity index (χ2n) is 6.53. The van der Waals surface area contributed by atoms with Crippen molar-refractivity contribution in [1.29, 1.82) is 0 Å². The van der Waals surface area contributed by atoms with E-state index < -0.39 is 0 Å². The number of fused-ring (bicyclic) bond motifs is 2. The van der Waals surface area contributed by atoms with Crippen LogP contribution in [0.1, 0.15) is 44.0 Å². The molecule has 3 rings (SSSR count). The van der Waals surface area contributed by atoms with Crippen LogP contribution in [0, 0.1) is 16.7 Å². The Labute approximate surface area is 109 Å². The van der Waals surface area contributed by atoms with Crippen LogP contribution < -0.4 is 0 Å². The molecule has 1 aromatic carbocycles. The minimum atomic E-state index is 0.206. The average molecular weight is 240 g/mol. The summed E-state index contributed by atoms with van der Waals surface area (Å²) in [5.74, 6) is 0.673. The van der Waals surface area contributed by atoms with Gasteiger partial charge in [-0.3, -0.25) is 4.79 Å². The maximum atomic E-state index is 12.6. The summed E-state index contributed by atoms with van der Waals surface area (Å²) >= 11 is 0. The van der Waals surface area contributed by atoms with Crippen molar-refractivity contribution in [3.8, 4) is 0 Å². The summed E-state index contributed by atoms with van der Waals surface area (Å²) in [5.41, 5.74) is 2.32. The van der Waals surface area contributed by atoms with E-state index in [1.54, 1.807) is 0 Å². The molecule has 0 N–H and O–H groups in total. The molecule has 1 aromatic rings. The first-order chi connectivity index (χ1) is 8.46.